The number of aryl methyl sites for hydroxylation is 1. The summed E-state index contributed by atoms with van der Waals surface area (Å²) in [5.41, 5.74) is 1.29. The van der Waals surface area contributed by atoms with Crippen LogP contribution in [0, 0.1) is 11.3 Å². The molecule has 0 saturated carbocycles. The Balaban J connectivity index is 1.87. The van der Waals surface area contributed by atoms with E-state index in [0.29, 0.717) is 45.6 Å². The van der Waals surface area contributed by atoms with E-state index in [0.717, 1.165) is 5.56 Å². The molecule has 0 fully saturated rings. The molecule has 3 rings (SSSR count). The molecule has 31 heavy (non-hydrogen) atoms. The Hall–Kier alpha value is -2.53. The fourth-order valence-electron chi connectivity index (χ4n) is 2.99. The molecular formula is C22H20Cl2N4O2S. The molecule has 1 heterocycles. The quantitative estimate of drug-likeness (QED) is 0.356. The highest BCUT2D eigenvalue weighted by Gasteiger charge is 2.15. The SMILES string of the molecule is CN(CCC#N)C(=O)CSc1nc2ccccc2c(=O)n1CCc1ccc(Cl)cc1Cl. The maximum Gasteiger partial charge on any atom is 0.262 e. The summed E-state index contributed by atoms with van der Waals surface area (Å²) in [6.07, 6.45) is 0.785. The van der Waals surface area contributed by atoms with Gasteiger partial charge in [0.15, 0.2) is 5.16 Å². The van der Waals surface area contributed by atoms with Crippen molar-refractivity contribution in [2.24, 2.45) is 0 Å². The van der Waals surface area contributed by atoms with Gasteiger partial charge in [-0.1, -0.05) is 53.2 Å². The van der Waals surface area contributed by atoms with E-state index < -0.39 is 0 Å². The van der Waals surface area contributed by atoms with Crippen LogP contribution in [0.1, 0.15) is 12.0 Å². The number of carbonyl (C=O) groups is 1. The molecule has 0 spiro atoms. The van der Waals surface area contributed by atoms with Gasteiger partial charge in [0.2, 0.25) is 5.91 Å². The highest BCUT2D eigenvalue weighted by Crippen LogP contribution is 2.23. The predicted octanol–water partition coefficient (Wildman–Crippen LogP) is 4.41. The van der Waals surface area contributed by atoms with Crippen molar-refractivity contribution >= 4 is 51.8 Å². The molecule has 0 saturated heterocycles. The van der Waals surface area contributed by atoms with Gasteiger partial charge in [-0.05, 0) is 36.2 Å². The molecule has 1 aromatic heterocycles. The molecule has 6 nitrogen and oxygen atoms in total. The van der Waals surface area contributed by atoms with Crippen LogP contribution in [0.15, 0.2) is 52.4 Å². The number of aromatic nitrogens is 2. The van der Waals surface area contributed by atoms with Crippen molar-refractivity contribution < 1.29 is 4.79 Å². The molecule has 0 N–H and O–H groups in total. The van der Waals surface area contributed by atoms with Crippen molar-refractivity contribution in [1.29, 1.82) is 5.26 Å². The van der Waals surface area contributed by atoms with E-state index >= 15 is 0 Å². The number of carbonyl (C=O) groups excluding carboxylic acids is 1. The zero-order chi connectivity index (χ0) is 22.4. The molecule has 0 unspecified atom stereocenters. The maximum absolute atomic E-state index is 13.2. The van der Waals surface area contributed by atoms with Crippen molar-refractivity contribution in [2.45, 2.75) is 24.5 Å². The van der Waals surface area contributed by atoms with E-state index in [-0.39, 0.29) is 23.6 Å². The number of hydrogen-bond acceptors (Lipinski definition) is 5. The topological polar surface area (TPSA) is 79.0 Å². The van der Waals surface area contributed by atoms with Crippen LogP contribution < -0.4 is 5.56 Å². The van der Waals surface area contributed by atoms with E-state index in [4.69, 9.17) is 28.5 Å². The number of rotatable bonds is 8. The van der Waals surface area contributed by atoms with Crippen molar-refractivity contribution in [3.05, 3.63) is 68.4 Å². The minimum Gasteiger partial charge on any atom is -0.344 e. The Labute approximate surface area is 194 Å². The lowest BCUT2D eigenvalue weighted by atomic mass is 10.1. The van der Waals surface area contributed by atoms with Gasteiger partial charge < -0.3 is 4.90 Å². The molecule has 2 aromatic carbocycles. The highest BCUT2D eigenvalue weighted by molar-refractivity contribution is 7.99. The second kappa shape index (κ2) is 10.7. The Morgan fingerprint density at radius 3 is 2.77 bits per heavy atom. The zero-order valence-corrected chi connectivity index (χ0v) is 19.2. The normalized spacial score (nSPS) is 10.8. The van der Waals surface area contributed by atoms with E-state index in [1.54, 1.807) is 41.9 Å². The second-order valence-corrected chi connectivity index (χ2v) is 8.65. The summed E-state index contributed by atoms with van der Waals surface area (Å²) in [4.78, 5) is 31.7. The number of para-hydroxylation sites is 1. The average molecular weight is 475 g/mol. The van der Waals surface area contributed by atoms with Crippen LogP contribution in [0.2, 0.25) is 10.0 Å². The van der Waals surface area contributed by atoms with Crippen molar-refractivity contribution in [2.75, 3.05) is 19.3 Å². The van der Waals surface area contributed by atoms with Crippen molar-refractivity contribution in [3.63, 3.8) is 0 Å². The second-order valence-electron chi connectivity index (χ2n) is 6.87. The summed E-state index contributed by atoms with van der Waals surface area (Å²) in [6.45, 7) is 0.724. The monoisotopic (exact) mass is 474 g/mol. The number of amides is 1. The summed E-state index contributed by atoms with van der Waals surface area (Å²) in [5.74, 6) is -0.0102. The lowest BCUT2D eigenvalue weighted by molar-refractivity contribution is -0.127. The van der Waals surface area contributed by atoms with Gasteiger partial charge in [0.05, 0.1) is 29.1 Å². The van der Waals surface area contributed by atoms with E-state index in [1.165, 1.54) is 16.7 Å². The first kappa shape index (κ1) is 23.1. The third-order valence-corrected chi connectivity index (χ3v) is 6.30. The lowest BCUT2D eigenvalue weighted by Gasteiger charge is -2.17. The van der Waals surface area contributed by atoms with Crippen LogP contribution in [0.25, 0.3) is 10.9 Å². The first-order valence-electron chi connectivity index (χ1n) is 9.58. The smallest absolute Gasteiger partial charge is 0.262 e. The van der Waals surface area contributed by atoms with Gasteiger partial charge >= 0.3 is 0 Å². The molecule has 0 bridgehead atoms. The minimum atomic E-state index is -0.163. The molecule has 0 atom stereocenters. The highest BCUT2D eigenvalue weighted by atomic mass is 35.5. The number of nitrogens with zero attached hydrogens (tertiary/aromatic N) is 4. The fraction of sp³-hybridized carbons (Fsp3) is 0.273. The standard InChI is InChI=1S/C22H20Cl2N4O2S/c1-27(11-4-10-25)20(29)14-31-22-26-19-6-3-2-5-17(19)21(30)28(22)12-9-15-7-8-16(23)13-18(15)24/h2-3,5-8,13H,4,9,11-12,14H2,1H3. The molecule has 160 valence electrons. The maximum atomic E-state index is 13.2. The van der Waals surface area contributed by atoms with Gasteiger partial charge in [-0.3, -0.25) is 14.2 Å². The van der Waals surface area contributed by atoms with Gasteiger partial charge in [0.1, 0.15) is 0 Å². The Kier molecular flexibility index (Phi) is 7.97. The first-order chi connectivity index (χ1) is 14.9. The third-order valence-electron chi connectivity index (χ3n) is 4.76. The number of hydrogen-bond donors (Lipinski definition) is 0. The molecule has 0 aliphatic heterocycles. The van der Waals surface area contributed by atoms with E-state index in [9.17, 15) is 9.59 Å². The predicted molar refractivity (Wildman–Crippen MR) is 125 cm³/mol. The van der Waals surface area contributed by atoms with Gasteiger partial charge in [-0.25, -0.2) is 4.98 Å². The molecule has 3 aromatic rings. The van der Waals surface area contributed by atoms with Crippen LogP contribution in [0.4, 0.5) is 0 Å². The lowest BCUT2D eigenvalue weighted by Crippen LogP contribution is -2.30. The van der Waals surface area contributed by atoms with Crippen LogP contribution in [-0.2, 0) is 17.8 Å². The molecule has 0 radical (unpaired) electrons. The van der Waals surface area contributed by atoms with Crippen LogP contribution in [0.3, 0.4) is 0 Å². The Bertz CT molecular complexity index is 1210. The molecule has 9 heteroatoms. The third kappa shape index (κ3) is 5.79. The number of halogens is 2. The Morgan fingerprint density at radius 1 is 1.26 bits per heavy atom. The van der Waals surface area contributed by atoms with Gasteiger partial charge in [0, 0.05) is 30.2 Å². The molecule has 1 amide bonds. The van der Waals surface area contributed by atoms with Gasteiger partial charge in [-0.2, -0.15) is 5.26 Å². The van der Waals surface area contributed by atoms with E-state index in [1.807, 2.05) is 18.2 Å². The molecule has 0 aliphatic rings. The first-order valence-corrected chi connectivity index (χ1v) is 11.3. The Morgan fingerprint density at radius 2 is 2.03 bits per heavy atom. The number of nitriles is 1. The van der Waals surface area contributed by atoms with Gasteiger partial charge in [-0.15, -0.1) is 0 Å². The zero-order valence-electron chi connectivity index (χ0n) is 16.8. The summed E-state index contributed by atoms with van der Waals surface area (Å²) >= 11 is 13.5. The largest absolute Gasteiger partial charge is 0.344 e. The van der Waals surface area contributed by atoms with Crippen LogP contribution >= 0.6 is 35.0 Å². The fourth-order valence-corrected chi connectivity index (χ4v) is 4.46. The molecular weight excluding hydrogens is 455 g/mol. The van der Waals surface area contributed by atoms with Crippen molar-refractivity contribution in [1.82, 2.24) is 14.5 Å². The minimum absolute atomic E-state index is 0.119. The molecule has 0 aliphatic carbocycles. The van der Waals surface area contributed by atoms with Crippen LogP contribution in [-0.4, -0.2) is 39.7 Å². The van der Waals surface area contributed by atoms with Crippen molar-refractivity contribution in [3.8, 4) is 6.07 Å². The summed E-state index contributed by atoms with van der Waals surface area (Å²) < 4.78 is 1.58. The number of benzene rings is 2. The number of fused-ring (bicyclic) bond motifs is 1. The van der Waals surface area contributed by atoms with E-state index in [2.05, 4.69) is 4.98 Å². The van der Waals surface area contributed by atoms with Gasteiger partial charge in [0.25, 0.3) is 5.56 Å². The summed E-state index contributed by atoms with van der Waals surface area (Å²) in [7, 11) is 1.66. The van der Waals surface area contributed by atoms with Crippen LogP contribution in [0.5, 0.6) is 0 Å². The summed E-state index contributed by atoms with van der Waals surface area (Å²) in [5, 5.41) is 10.8. The summed E-state index contributed by atoms with van der Waals surface area (Å²) in [6, 6.07) is 14.4. The number of thioether (sulfide) groups is 1. The average Bonchev–Trinajstić information content (AvgIpc) is 2.76.